The lowest BCUT2D eigenvalue weighted by Crippen LogP contribution is -2.72. The second-order valence-corrected chi connectivity index (χ2v) is 12.0. The molecule has 182 valence electrons. The first-order valence-electron chi connectivity index (χ1n) is 11.8. The molecule has 1 aromatic carbocycles. The van der Waals surface area contributed by atoms with Crippen LogP contribution in [0.25, 0.3) is 0 Å². The third-order valence-electron chi connectivity index (χ3n) is 8.43. The molecule has 4 aliphatic rings. The first kappa shape index (κ1) is 23.1. The van der Waals surface area contributed by atoms with Crippen molar-refractivity contribution in [2.75, 3.05) is 31.4 Å². The van der Waals surface area contributed by atoms with E-state index in [-0.39, 0.29) is 29.3 Å². The molecule has 5 rings (SSSR count). The molecule has 1 saturated carbocycles. The zero-order valence-electron chi connectivity index (χ0n) is 20.7. The molecule has 1 aliphatic carbocycles. The summed E-state index contributed by atoms with van der Waals surface area (Å²) in [7, 11) is 4.74. The smallest absolute Gasteiger partial charge is 0.332 e. The minimum Gasteiger partial charge on any atom is -0.366 e. The number of carbonyl (C=O) groups excluding carboxylic acids is 3. The van der Waals surface area contributed by atoms with Crippen LogP contribution in [0, 0.1) is 16.2 Å². The van der Waals surface area contributed by atoms with E-state index in [0.717, 1.165) is 46.0 Å². The van der Waals surface area contributed by atoms with Crippen LogP contribution in [0.3, 0.4) is 0 Å². The van der Waals surface area contributed by atoms with Gasteiger partial charge in [0.2, 0.25) is 11.8 Å². The fourth-order valence-electron chi connectivity index (χ4n) is 7.73. The van der Waals surface area contributed by atoms with E-state index in [9.17, 15) is 14.4 Å². The lowest BCUT2D eigenvalue weighted by Gasteiger charge is -2.54. The van der Waals surface area contributed by atoms with E-state index in [1.165, 1.54) is 14.1 Å². The number of hydrogen-bond donors (Lipinski definition) is 2. The third-order valence-corrected chi connectivity index (χ3v) is 8.74. The van der Waals surface area contributed by atoms with E-state index in [2.05, 4.69) is 42.4 Å². The molecule has 0 aromatic heterocycles. The monoisotopic (exact) mass is 483 g/mol. The van der Waals surface area contributed by atoms with Gasteiger partial charge >= 0.3 is 6.03 Å². The highest BCUT2D eigenvalue weighted by atomic mass is 32.1. The summed E-state index contributed by atoms with van der Waals surface area (Å²) >= 11 is 5.28. The van der Waals surface area contributed by atoms with Crippen LogP contribution in [0.4, 0.5) is 16.2 Å². The largest absolute Gasteiger partial charge is 0.366 e. The van der Waals surface area contributed by atoms with Crippen molar-refractivity contribution >= 4 is 46.6 Å². The van der Waals surface area contributed by atoms with Gasteiger partial charge in [-0.25, -0.2) is 4.79 Å². The molecular formula is C25H33N5O3S. The van der Waals surface area contributed by atoms with Crippen molar-refractivity contribution in [3.63, 3.8) is 0 Å². The van der Waals surface area contributed by atoms with Crippen LogP contribution < -0.4 is 15.5 Å². The normalized spacial score (nSPS) is 30.9. The third kappa shape index (κ3) is 2.95. The molecule has 0 unspecified atom stereocenters. The summed E-state index contributed by atoms with van der Waals surface area (Å²) in [6, 6.07) is 5.42. The zero-order valence-corrected chi connectivity index (χ0v) is 21.5. The Kier molecular flexibility index (Phi) is 4.86. The molecule has 8 nitrogen and oxygen atoms in total. The van der Waals surface area contributed by atoms with Gasteiger partial charge in [-0.05, 0) is 72.5 Å². The summed E-state index contributed by atoms with van der Waals surface area (Å²) in [5.74, 6) is -0.783. The highest BCUT2D eigenvalue weighted by molar-refractivity contribution is 7.80. The van der Waals surface area contributed by atoms with Crippen LogP contribution in [-0.4, -0.2) is 66.0 Å². The number of benzene rings is 1. The molecule has 1 spiro atoms. The van der Waals surface area contributed by atoms with Gasteiger partial charge in [0.05, 0.1) is 6.04 Å². The Labute approximate surface area is 206 Å². The first-order chi connectivity index (χ1) is 15.8. The van der Waals surface area contributed by atoms with Crippen molar-refractivity contribution in [3.8, 4) is 0 Å². The van der Waals surface area contributed by atoms with E-state index in [1.54, 1.807) is 7.05 Å². The Hall–Kier alpha value is -2.68. The van der Waals surface area contributed by atoms with Gasteiger partial charge in [0.15, 0.2) is 10.5 Å². The Morgan fingerprint density at radius 2 is 1.71 bits per heavy atom. The van der Waals surface area contributed by atoms with Crippen LogP contribution >= 0.6 is 12.2 Å². The molecule has 3 atom stereocenters. The maximum Gasteiger partial charge on any atom is 0.332 e. The van der Waals surface area contributed by atoms with Crippen LogP contribution in [0.5, 0.6) is 0 Å². The Bertz CT molecular complexity index is 1110. The van der Waals surface area contributed by atoms with E-state index in [4.69, 9.17) is 12.2 Å². The van der Waals surface area contributed by atoms with E-state index in [0.29, 0.717) is 5.11 Å². The van der Waals surface area contributed by atoms with Crippen LogP contribution in [-0.2, 0) is 16.0 Å². The molecule has 2 bridgehead atoms. The lowest BCUT2D eigenvalue weighted by atomic mass is 9.56. The van der Waals surface area contributed by atoms with Gasteiger partial charge in [-0.3, -0.25) is 19.4 Å². The summed E-state index contributed by atoms with van der Waals surface area (Å²) in [5, 5.41) is 6.57. The van der Waals surface area contributed by atoms with Gasteiger partial charge < -0.3 is 15.5 Å². The molecule has 3 fully saturated rings. The highest BCUT2D eigenvalue weighted by Gasteiger charge is 2.71. The van der Waals surface area contributed by atoms with E-state index >= 15 is 0 Å². The Morgan fingerprint density at radius 3 is 2.32 bits per heavy atom. The molecular weight excluding hydrogens is 450 g/mol. The predicted molar refractivity (Wildman–Crippen MR) is 135 cm³/mol. The number of hydrogen-bond acceptors (Lipinski definition) is 5. The first-order valence-corrected chi connectivity index (χ1v) is 12.3. The van der Waals surface area contributed by atoms with Gasteiger partial charge in [-0.15, -0.1) is 0 Å². The minimum absolute atomic E-state index is 0.0885. The molecule has 2 saturated heterocycles. The molecule has 2 N–H and O–H groups in total. The number of thiocarbonyl (C=S) groups is 1. The number of carbonyl (C=O) groups is 3. The average Bonchev–Trinajstić information content (AvgIpc) is 3.00. The van der Waals surface area contributed by atoms with Gasteiger partial charge in [0.1, 0.15) is 0 Å². The maximum atomic E-state index is 14.0. The van der Waals surface area contributed by atoms with Crippen LogP contribution in [0.2, 0.25) is 0 Å². The van der Waals surface area contributed by atoms with E-state index < -0.39 is 23.3 Å². The molecule has 3 heterocycles. The molecule has 4 amide bonds. The molecule has 3 aliphatic heterocycles. The Morgan fingerprint density at radius 1 is 1.06 bits per heavy atom. The zero-order chi connectivity index (χ0) is 24.8. The van der Waals surface area contributed by atoms with Gasteiger partial charge in [-0.2, -0.15) is 0 Å². The number of barbiturate groups is 1. The number of nitrogens with one attached hydrogen (secondary N) is 2. The predicted octanol–water partition coefficient (Wildman–Crippen LogP) is 2.97. The standard InChI is InChI=1S/C25H33N5O3S/c1-23(2)11-16-12-24(3,13-23)18-25(19(31)28(5)22(33)29(6)20(25)32)10-14-9-15(27-21(34)26-4)7-8-17(14)30(16)18/h7-9,16,18H,10-13H2,1-6H3,(H2,26,27,34)/t16-,18-,24-/m0/s1. The summed E-state index contributed by atoms with van der Waals surface area (Å²) in [6.45, 7) is 6.79. The number of fused-ring (bicyclic) bond motifs is 8. The van der Waals surface area contributed by atoms with Crippen LogP contribution in [0.1, 0.15) is 45.6 Å². The SMILES string of the molecule is CNC(=S)Nc1ccc2c(c1)CC1(C(=O)N(C)C(=O)N(C)C1=O)[C@H]1N2[C@H]2CC(C)(C)C[C@]1(C)C2. The van der Waals surface area contributed by atoms with Gasteiger partial charge in [-0.1, -0.05) is 20.8 Å². The number of urea groups is 1. The van der Waals surface area contributed by atoms with Gasteiger partial charge in [0.25, 0.3) is 0 Å². The van der Waals surface area contributed by atoms with Crippen LogP contribution in [0.15, 0.2) is 18.2 Å². The fourth-order valence-corrected chi connectivity index (χ4v) is 7.84. The summed E-state index contributed by atoms with van der Waals surface area (Å²) in [5.41, 5.74) is 1.30. The van der Waals surface area contributed by atoms with Crippen molar-refractivity contribution in [3.05, 3.63) is 23.8 Å². The summed E-state index contributed by atoms with van der Waals surface area (Å²) in [4.78, 5) is 45.3. The minimum atomic E-state index is -1.35. The molecule has 0 radical (unpaired) electrons. The molecule has 1 aromatic rings. The quantitative estimate of drug-likeness (QED) is 0.469. The molecule has 34 heavy (non-hydrogen) atoms. The molecule has 9 heteroatoms. The van der Waals surface area contributed by atoms with Gasteiger partial charge in [0, 0.05) is 38.6 Å². The number of nitrogens with zero attached hydrogens (tertiary/aromatic N) is 3. The Balaban J connectivity index is 1.73. The highest BCUT2D eigenvalue weighted by Crippen LogP contribution is 2.64. The van der Waals surface area contributed by atoms with Crippen molar-refractivity contribution < 1.29 is 14.4 Å². The maximum absolute atomic E-state index is 14.0. The number of rotatable bonds is 1. The number of anilines is 2. The van der Waals surface area contributed by atoms with E-state index in [1.807, 2.05) is 12.1 Å². The fraction of sp³-hybridized carbons (Fsp3) is 0.600. The topological polar surface area (TPSA) is 85.0 Å². The second kappa shape index (κ2) is 7.16. The average molecular weight is 484 g/mol. The summed E-state index contributed by atoms with van der Waals surface area (Å²) in [6.07, 6.45) is 3.10. The second-order valence-electron chi connectivity index (χ2n) is 11.6. The lowest BCUT2D eigenvalue weighted by molar-refractivity contribution is -0.161. The summed E-state index contributed by atoms with van der Waals surface area (Å²) < 4.78 is 0. The number of amides is 4. The van der Waals surface area contributed by atoms with Crippen molar-refractivity contribution in [2.45, 2.75) is 58.5 Å². The van der Waals surface area contributed by atoms with Crippen molar-refractivity contribution in [1.82, 2.24) is 15.1 Å². The number of imide groups is 2. The van der Waals surface area contributed by atoms with Crippen molar-refractivity contribution in [1.29, 1.82) is 0 Å². The van der Waals surface area contributed by atoms with Crippen molar-refractivity contribution in [2.24, 2.45) is 16.2 Å².